The van der Waals surface area contributed by atoms with Crippen molar-refractivity contribution in [2.75, 3.05) is 6.54 Å². The van der Waals surface area contributed by atoms with Gasteiger partial charge in [-0.25, -0.2) is 0 Å². The largest absolute Gasteiger partial charge is 0.356 e. The number of amides is 1. The zero-order valence-corrected chi connectivity index (χ0v) is 9.48. The second-order valence-corrected chi connectivity index (χ2v) is 5.99. The highest BCUT2D eigenvalue weighted by Gasteiger charge is 2.49. The topological polar surface area (TPSA) is 29.1 Å². The van der Waals surface area contributed by atoms with E-state index in [1.165, 1.54) is 51.4 Å². The first-order valence-corrected chi connectivity index (χ1v) is 6.53. The van der Waals surface area contributed by atoms with Gasteiger partial charge in [0.15, 0.2) is 0 Å². The molecule has 3 fully saturated rings. The van der Waals surface area contributed by atoms with Crippen molar-refractivity contribution in [3.63, 3.8) is 0 Å². The van der Waals surface area contributed by atoms with E-state index in [4.69, 9.17) is 0 Å². The van der Waals surface area contributed by atoms with Crippen LogP contribution in [0.15, 0.2) is 0 Å². The number of hydrogen-bond acceptors (Lipinski definition) is 1. The predicted molar refractivity (Wildman–Crippen MR) is 59.4 cm³/mol. The van der Waals surface area contributed by atoms with Crippen LogP contribution >= 0.6 is 0 Å². The molecule has 0 radical (unpaired) electrons. The molecule has 0 aromatic rings. The van der Waals surface area contributed by atoms with E-state index in [1.54, 1.807) is 0 Å². The molecule has 2 spiro atoms. The summed E-state index contributed by atoms with van der Waals surface area (Å²) in [5.74, 6) is 0.357. The SMILES string of the molecule is O=C1NCCC12CCC1(CCCC1)CC2. The lowest BCUT2D eigenvalue weighted by Crippen LogP contribution is -2.38. The molecule has 1 heterocycles. The van der Waals surface area contributed by atoms with Gasteiger partial charge in [-0.05, 0) is 50.4 Å². The van der Waals surface area contributed by atoms with Gasteiger partial charge in [0.1, 0.15) is 0 Å². The van der Waals surface area contributed by atoms with Gasteiger partial charge < -0.3 is 5.32 Å². The first kappa shape index (κ1) is 9.68. The van der Waals surface area contributed by atoms with Crippen LogP contribution in [0.25, 0.3) is 0 Å². The van der Waals surface area contributed by atoms with Gasteiger partial charge in [0.2, 0.25) is 5.91 Å². The highest BCUT2D eigenvalue weighted by Crippen LogP contribution is 2.55. The molecular formula is C13H21NO. The lowest BCUT2D eigenvalue weighted by atomic mass is 9.62. The van der Waals surface area contributed by atoms with Gasteiger partial charge in [0.25, 0.3) is 0 Å². The standard InChI is InChI=1S/C13H21NO/c15-11-13(9-10-14-11)7-5-12(6-8-13)3-1-2-4-12/h1-10H2,(H,14,15). The number of rotatable bonds is 0. The zero-order chi connectivity index (χ0) is 10.4. The molecule has 1 aliphatic heterocycles. The highest BCUT2D eigenvalue weighted by atomic mass is 16.2. The van der Waals surface area contributed by atoms with Crippen molar-refractivity contribution in [3.05, 3.63) is 0 Å². The van der Waals surface area contributed by atoms with Crippen LogP contribution in [0.3, 0.4) is 0 Å². The molecule has 2 nitrogen and oxygen atoms in total. The maximum absolute atomic E-state index is 11.8. The second-order valence-electron chi connectivity index (χ2n) is 5.99. The van der Waals surface area contributed by atoms with Crippen LogP contribution in [0, 0.1) is 10.8 Å². The maximum Gasteiger partial charge on any atom is 0.226 e. The van der Waals surface area contributed by atoms with Gasteiger partial charge in [0, 0.05) is 6.54 Å². The molecule has 15 heavy (non-hydrogen) atoms. The third kappa shape index (κ3) is 1.41. The number of carbonyl (C=O) groups excluding carboxylic acids is 1. The highest BCUT2D eigenvalue weighted by molar-refractivity contribution is 5.84. The third-order valence-electron chi connectivity index (χ3n) is 5.30. The van der Waals surface area contributed by atoms with E-state index in [2.05, 4.69) is 5.32 Å². The molecule has 0 bridgehead atoms. The molecule has 84 valence electrons. The van der Waals surface area contributed by atoms with Crippen molar-refractivity contribution in [1.82, 2.24) is 5.32 Å². The van der Waals surface area contributed by atoms with E-state index in [0.717, 1.165) is 13.0 Å². The van der Waals surface area contributed by atoms with Crippen molar-refractivity contribution in [2.24, 2.45) is 10.8 Å². The molecule has 2 aliphatic carbocycles. The second kappa shape index (κ2) is 3.23. The first-order chi connectivity index (χ1) is 7.25. The number of nitrogens with one attached hydrogen (secondary N) is 1. The predicted octanol–water partition coefficient (Wildman–Crippen LogP) is 2.63. The molecule has 3 aliphatic rings. The van der Waals surface area contributed by atoms with Crippen molar-refractivity contribution >= 4 is 5.91 Å². The Morgan fingerprint density at radius 3 is 2.07 bits per heavy atom. The first-order valence-electron chi connectivity index (χ1n) is 6.53. The normalized spacial score (nSPS) is 32.4. The third-order valence-corrected chi connectivity index (χ3v) is 5.30. The van der Waals surface area contributed by atoms with Crippen molar-refractivity contribution in [3.8, 4) is 0 Å². The van der Waals surface area contributed by atoms with Crippen LogP contribution in [-0.2, 0) is 4.79 Å². The minimum absolute atomic E-state index is 0.0633. The Labute approximate surface area is 91.8 Å². The van der Waals surface area contributed by atoms with Crippen molar-refractivity contribution in [2.45, 2.75) is 57.8 Å². The van der Waals surface area contributed by atoms with E-state index in [1.807, 2.05) is 0 Å². The molecular weight excluding hydrogens is 186 g/mol. The fourth-order valence-corrected chi connectivity index (χ4v) is 4.08. The average Bonchev–Trinajstić information content (AvgIpc) is 2.82. The van der Waals surface area contributed by atoms with Crippen LogP contribution in [0.5, 0.6) is 0 Å². The van der Waals surface area contributed by atoms with Crippen molar-refractivity contribution < 1.29 is 4.79 Å². The monoisotopic (exact) mass is 207 g/mol. The molecule has 2 heteroatoms. The Balaban J connectivity index is 1.72. The van der Waals surface area contributed by atoms with E-state index < -0.39 is 0 Å². The fraction of sp³-hybridized carbons (Fsp3) is 0.923. The van der Waals surface area contributed by atoms with E-state index in [-0.39, 0.29) is 5.41 Å². The van der Waals surface area contributed by atoms with Gasteiger partial charge in [-0.2, -0.15) is 0 Å². The van der Waals surface area contributed by atoms with Crippen LogP contribution in [0.4, 0.5) is 0 Å². The number of carbonyl (C=O) groups is 1. The summed E-state index contributed by atoms with van der Waals surface area (Å²) in [5, 5.41) is 3.02. The Hall–Kier alpha value is -0.530. The molecule has 0 aromatic heterocycles. The van der Waals surface area contributed by atoms with Crippen molar-refractivity contribution in [1.29, 1.82) is 0 Å². The molecule has 1 saturated heterocycles. The summed E-state index contributed by atoms with van der Waals surface area (Å²) in [4.78, 5) is 11.8. The molecule has 0 unspecified atom stereocenters. The Bertz CT molecular complexity index is 268. The van der Waals surface area contributed by atoms with Gasteiger partial charge in [0.05, 0.1) is 5.41 Å². The summed E-state index contributed by atoms with van der Waals surface area (Å²) in [5.41, 5.74) is 0.724. The molecule has 1 amide bonds. The van der Waals surface area contributed by atoms with Crippen LogP contribution in [0.1, 0.15) is 57.8 Å². The Morgan fingerprint density at radius 2 is 1.53 bits per heavy atom. The Kier molecular flexibility index (Phi) is 2.08. The van der Waals surface area contributed by atoms with Gasteiger partial charge in [-0.1, -0.05) is 12.8 Å². The summed E-state index contributed by atoms with van der Waals surface area (Å²) in [7, 11) is 0. The van der Waals surface area contributed by atoms with Gasteiger partial charge in [-0.15, -0.1) is 0 Å². The maximum atomic E-state index is 11.8. The lowest BCUT2D eigenvalue weighted by Gasteiger charge is -2.41. The summed E-state index contributed by atoms with van der Waals surface area (Å²) in [6, 6.07) is 0. The summed E-state index contributed by atoms with van der Waals surface area (Å²) in [6.07, 6.45) is 11.8. The summed E-state index contributed by atoms with van der Waals surface area (Å²) < 4.78 is 0. The molecule has 3 rings (SSSR count). The van der Waals surface area contributed by atoms with Gasteiger partial charge in [-0.3, -0.25) is 4.79 Å². The van der Waals surface area contributed by atoms with Crippen LogP contribution < -0.4 is 5.32 Å². The molecule has 0 atom stereocenters. The Morgan fingerprint density at radius 1 is 0.867 bits per heavy atom. The summed E-state index contributed by atoms with van der Waals surface area (Å²) >= 11 is 0. The lowest BCUT2D eigenvalue weighted by molar-refractivity contribution is -0.130. The van der Waals surface area contributed by atoms with E-state index >= 15 is 0 Å². The van der Waals surface area contributed by atoms with Crippen LogP contribution in [-0.4, -0.2) is 12.5 Å². The summed E-state index contributed by atoms with van der Waals surface area (Å²) in [6.45, 7) is 0.922. The van der Waals surface area contributed by atoms with E-state index in [0.29, 0.717) is 11.3 Å². The average molecular weight is 207 g/mol. The molecule has 1 N–H and O–H groups in total. The molecule has 2 saturated carbocycles. The minimum Gasteiger partial charge on any atom is -0.356 e. The minimum atomic E-state index is 0.0633. The van der Waals surface area contributed by atoms with Gasteiger partial charge >= 0.3 is 0 Å². The number of hydrogen-bond donors (Lipinski definition) is 1. The fourth-order valence-electron chi connectivity index (χ4n) is 4.08. The van der Waals surface area contributed by atoms with Crippen LogP contribution in [0.2, 0.25) is 0 Å². The smallest absolute Gasteiger partial charge is 0.226 e. The molecule has 0 aromatic carbocycles. The van der Waals surface area contributed by atoms with E-state index in [9.17, 15) is 4.79 Å². The quantitative estimate of drug-likeness (QED) is 0.650. The zero-order valence-electron chi connectivity index (χ0n) is 9.48.